The average molecular weight is 453 g/mol. The Balaban J connectivity index is 2.08. The van der Waals surface area contributed by atoms with Crippen LogP contribution >= 0.6 is 0 Å². The third-order valence-corrected chi connectivity index (χ3v) is 15.7. The summed E-state index contributed by atoms with van der Waals surface area (Å²) in [6.45, 7) is 14.3. The van der Waals surface area contributed by atoms with E-state index in [9.17, 15) is 0 Å². The molecule has 150 valence electrons. The Hall–Kier alpha value is -0.456. The van der Waals surface area contributed by atoms with Crippen LogP contribution in [-0.2, 0) is 27.4 Å². The predicted octanol–water partition coefficient (Wildman–Crippen LogP) is 8.38. The van der Waals surface area contributed by atoms with Gasteiger partial charge in [-0.2, -0.15) is 0 Å². The van der Waals surface area contributed by atoms with Gasteiger partial charge in [0.1, 0.15) is 0 Å². The Kier molecular flexibility index (Phi) is 7.97. The maximum atomic E-state index is 2.48. The molecule has 0 saturated carbocycles. The Morgan fingerprint density at radius 2 is 0.857 bits per heavy atom. The minimum absolute atomic E-state index is 0.747. The molecule has 1 heteroatoms. The summed E-state index contributed by atoms with van der Waals surface area (Å²) in [6.07, 6.45) is 22.3. The zero-order valence-electron chi connectivity index (χ0n) is 19.0. The standard InChI is InChI=1S/3C9H13.Y/c3*1-8(2)7-9-5-3-4-6-9;/h3*3,5,8H,4,7H2,1-2H3;. The summed E-state index contributed by atoms with van der Waals surface area (Å²) in [7, 11) is 0. The van der Waals surface area contributed by atoms with Gasteiger partial charge in [-0.05, 0) is 0 Å². The molecule has 0 amide bonds. The van der Waals surface area contributed by atoms with E-state index in [1.54, 1.807) is 16.7 Å². The first-order chi connectivity index (χ1) is 13.4. The third-order valence-electron chi connectivity index (χ3n) is 6.14. The monoisotopic (exact) mass is 452 g/mol. The average Bonchev–Trinajstić information content (AvgIpc) is 3.31. The van der Waals surface area contributed by atoms with E-state index in [1.807, 2.05) is 7.15 Å². The van der Waals surface area contributed by atoms with E-state index >= 15 is 0 Å². The van der Waals surface area contributed by atoms with Crippen LogP contribution in [0.5, 0.6) is 0 Å². The molecule has 0 aliphatic heterocycles. The Morgan fingerprint density at radius 3 is 1.11 bits per heavy atom. The molecule has 0 atom stereocenters. The first-order valence-electron chi connectivity index (χ1n) is 11.5. The molecular weight excluding hydrogens is 413 g/mol. The first kappa shape index (κ1) is 22.2. The van der Waals surface area contributed by atoms with Crippen molar-refractivity contribution in [2.24, 2.45) is 17.8 Å². The molecule has 0 nitrogen and oxygen atoms in total. The van der Waals surface area contributed by atoms with E-state index in [2.05, 4.69) is 78.0 Å². The van der Waals surface area contributed by atoms with Crippen molar-refractivity contribution in [3.63, 3.8) is 0 Å². The van der Waals surface area contributed by atoms with Crippen molar-refractivity contribution in [2.75, 3.05) is 0 Å². The first-order valence-corrected chi connectivity index (χ1v) is 15.8. The number of hydrogen-bond acceptors (Lipinski definition) is 0. The molecule has 28 heavy (non-hydrogen) atoms. The van der Waals surface area contributed by atoms with E-state index in [-0.39, 0.29) is 0 Å². The number of rotatable bonds is 9. The zero-order valence-corrected chi connectivity index (χ0v) is 21.9. The Morgan fingerprint density at radius 1 is 0.571 bits per heavy atom. The van der Waals surface area contributed by atoms with Crippen molar-refractivity contribution in [3.05, 3.63) is 60.3 Å². The van der Waals surface area contributed by atoms with Gasteiger partial charge in [-0.25, -0.2) is 0 Å². The van der Waals surface area contributed by atoms with E-state index in [4.69, 9.17) is 0 Å². The summed E-state index contributed by atoms with van der Waals surface area (Å²) in [5.74, 6) is 2.24. The van der Waals surface area contributed by atoms with Crippen molar-refractivity contribution in [2.45, 2.75) is 80.1 Å². The second kappa shape index (κ2) is 10.0. The molecule has 3 aliphatic carbocycles. The molecule has 3 rings (SSSR count). The summed E-state index contributed by atoms with van der Waals surface area (Å²) < 4.78 is 5.74. The summed E-state index contributed by atoms with van der Waals surface area (Å²) in [4.78, 5) is 0. The van der Waals surface area contributed by atoms with Crippen LogP contribution in [0.1, 0.15) is 80.1 Å². The molecule has 0 radical (unpaired) electrons. The fourth-order valence-electron chi connectivity index (χ4n) is 5.16. The van der Waals surface area contributed by atoms with Gasteiger partial charge in [-0.15, -0.1) is 0 Å². The van der Waals surface area contributed by atoms with Crippen LogP contribution in [0.15, 0.2) is 60.3 Å². The van der Waals surface area contributed by atoms with Gasteiger partial charge in [0.05, 0.1) is 0 Å². The van der Waals surface area contributed by atoms with Crippen molar-refractivity contribution < 1.29 is 27.4 Å². The van der Waals surface area contributed by atoms with Gasteiger partial charge in [0.25, 0.3) is 0 Å². The quantitative estimate of drug-likeness (QED) is 0.330. The van der Waals surface area contributed by atoms with Crippen LogP contribution < -0.4 is 0 Å². The minimum atomic E-state index is -2.22. The summed E-state index contributed by atoms with van der Waals surface area (Å²) in [5, 5.41) is 0. The molecule has 0 unspecified atom stereocenters. The van der Waals surface area contributed by atoms with Gasteiger partial charge in [0, 0.05) is 0 Å². The summed E-state index contributed by atoms with van der Waals surface area (Å²) >= 11 is -2.22. The fourth-order valence-corrected chi connectivity index (χ4v) is 15.3. The molecule has 3 aliphatic rings. The Labute approximate surface area is 184 Å². The second-order valence-corrected chi connectivity index (χ2v) is 17.5. The van der Waals surface area contributed by atoms with Gasteiger partial charge in [0.2, 0.25) is 0 Å². The molecule has 0 aromatic carbocycles. The van der Waals surface area contributed by atoms with E-state index in [0.717, 1.165) is 17.8 Å². The molecule has 0 heterocycles. The van der Waals surface area contributed by atoms with Gasteiger partial charge in [-0.1, -0.05) is 0 Å². The van der Waals surface area contributed by atoms with Crippen LogP contribution in [0.2, 0.25) is 0 Å². The van der Waals surface area contributed by atoms with Crippen LogP contribution in [-0.4, -0.2) is 0 Å². The van der Waals surface area contributed by atoms with E-state index in [1.165, 1.54) is 38.5 Å². The predicted molar refractivity (Wildman–Crippen MR) is 121 cm³/mol. The van der Waals surface area contributed by atoms with Crippen LogP contribution in [0, 0.1) is 17.8 Å². The van der Waals surface area contributed by atoms with E-state index in [0.29, 0.717) is 0 Å². The molecule has 0 fully saturated rings. The molecule has 0 aromatic heterocycles. The number of hydrogen-bond donors (Lipinski definition) is 0. The van der Waals surface area contributed by atoms with Crippen molar-refractivity contribution >= 4 is 0 Å². The van der Waals surface area contributed by atoms with Crippen molar-refractivity contribution in [1.82, 2.24) is 0 Å². The van der Waals surface area contributed by atoms with Crippen LogP contribution in [0.25, 0.3) is 0 Å². The maximum absolute atomic E-state index is 2.48. The van der Waals surface area contributed by atoms with Gasteiger partial charge in [-0.3, -0.25) is 0 Å². The van der Waals surface area contributed by atoms with Crippen LogP contribution in [0.4, 0.5) is 0 Å². The summed E-state index contributed by atoms with van der Waals surface area (Å²) in [6, 6.07) is 0. The molecule has 0 aromatic rings. The van der Waals surface area contributed by atoms with Gasteiger partial charge >= 0.3 is 186 Å². The molecule has 0 spiro atoms. The molecule has 0 N–H and O–H groups in total. The molecule has 0 bridgehead atoms. The zero-order chi connectivity index (χ0) is 20.3. The van der Waals surface area contributed by atoms with Gasteiger partial charge < -0.3 is 0 Å². The van der Waals surface area contributed by atoms with Gasteiger partial charge in [0.15, 0.2) is 0 Å². The Bertz CT molecular complexity index is 657. The SMILES string of the molecule is CC(C)CC1=[C]([Y]([C]2=C(CC(C)C)C=CC2)[C]2=C(CC(C)C)C=CC2)CC=C1. The number of allylic oxidation sites excluding steroid dienone is 12. The van der Waals surface area contributed by atoms with Crippen LogP contribution in [0.3, 0.4) is 0 Å². The van der Waals surface area contributed by atoms with Crippen molar-refractivity contribution in [1.29, 1.82) is 0 Å². The van der Waals surface area contributed by atoms with E-state index < -0.39 is 27.4 Å². The topological polar surface area (TPSA) is 0 Å². The summed E-state index contributed by atoms with van der Waals surface area (Å²) in [5.41, 5.74) is 5.13. The molecular formula is C27H39Y. The second-order valence-electron chi connectivity index (χ2n) is 10.2. The third kappa shape index (κ3) is 5.37. The molecule has 0 saturated heterocycles. The normalized spacial score (nSPS) is 19.2. The van der Waals surface area contributed by atoms with Crippen molar-refractivity contribution in [3.8, 4) is 0 Å². The fraction of sp³-hybridized carbons (Fsp3) is 0.556.